The number of aromatic nitrogens is 1. The van der Waals surface area contributed by atoms with Gasteiger partial charge in [0.15, 0.2) is 0 Å². The lowest BCUT2D eigenvalue weighted by atomic mass is 9.82. The van der Waals surface area contributed by atoms with Crippen LogP contribution in [0.25, 0.3) is 0 Å². The number of pyridine rings is 1. The van der Waals surface area contributed by atoms with E-state index in [-0.39, 0.29) is 17.4 Å². The second-order valence-electron chi connectivity index (χ2n) is 9.91. The summed E-state index contributed by atoms with van der Waals surface area (Å²) in [6.07, 6.45) is 8.60. The van der Waals surface area contributed by atoms with Gasteiger partial charge in [0.1, 0.15) is 0 Å². The van der Waals surface area contributed by atoms with E-state index in [9.17, 15) is 9.59 Å². The standard InChI is InChI=1S/C23H34N4O2/c24-23(8-2-3-9-23)22(29)26-13-17-12-19(16-26)20-7-6-18(21(28)27(20)14-17)15-25-10-4-1-5-11-25/h6-7,17,19H,1-5,8-16,24H2/t17-,19+/m0/s1. The van der Waals surface area contributed by atoms with Gasteiger partial charge < -0.3 is 15.2 Å². The molecule has 2 atom stereocenters. The summed E-state index contributed by atoms with van der Waals surface area (Å²) >= 11 is 0. The highest BCUT2D eigenvalue weighted by Gasteiger charge is 2.44. The van der Waals surface area contributed by atoms with Crippen LogP contribution in [0.1, 0.15) is 68.5 Å². The van der Waals surface area contributed by atoms with Gasteiger partial charge in [-0.3, -0.25) is 14.5 Å². The highest BCUT2D eigenvalue weighted by molar-refractivity contribution is 5.86. The SMILES string of the molecule is NC1(C(=O)N2C[C@@H]3C[C@H](C2)c2ccc(CN4CCCCC4)c(=O)n2C3)CCCC1. The van der Waals surface area contributed by atoms with Crippen LogP contribution in [0, 0.1) is 5.92 Å². The Labute approximate surface area is 173 Å². The Morgan fingerprint density at radius 1 is 1.03 bits per heavy atom. The van der Waals surface area contributed by atoms with E-state index >= 15 is 0 Å². The van der Waals surface area contributed by atoms with E-state index in [4.69, 9.17) is 5.73 Å². The van der Waals surface area contributed by atoms with Crippen molar-refractivity contribution in [3.05, 3.63) is 33.7 Å². The van der Waals surface area contributed by atoms with E-state index < -0.39 is 5.54 Å². The summed E-state index contributed by atoms with van der Waals surface area (Å²) in [7, 11) is 0. The number of nitrogens with zero attached hydrogens (tertiary/aromatic N) is 3. The molecular weight excluding hydrogens is 364 g/mol. The molecule has 2 bridgehead atoms. The Balaban J connectivity index is 1.36. The first-order valence-corrected chi connectivity index (χ1v) is 11.6. The zero-order chi connectivity index (χ0) is 20.0. The van der Waals surface area contributed by atoms with Crippen LogP contribution >= 0.6 is 0 Å². The van der Waals surface area contributed by atoms with E-state index in [1.54, 1.807) is 0 Å². The third-order valence-corrected chi connectivity index (χ3v) is 7.73. The van der Waals surface area contributed by atoms with Crippen LogP contribution in [0.4, 0.5) is 0 Å². The monoisotopic (exact) mass is 398 g/mol. The third-order valence-electron chi connectivity index (χ3n) is 7.73. The summed E-state index contributed by atoms with van der Waals surface area (Å²) < 4.78 is 2.02. The molecule has 3 fully saturated rings. The smallest absolute Gasteiger partial charge is 0.255 e. The molecule has 29 heavy (non-hydrogen) atoms. The van der Waals surface area contributed by atoms with Crippen LogP contribution in [0.5, 0.6) is 0 Å². The molecule has 0 unspecified atom stereocenters. The number of fused-ring (bicyclic) bond motifs is 4. The average molecular weight is 399 g/mol. The molecule has 6 heteroatoms. The number of piperidine rings is 2. The molecule has 1 aromatic heterocycles. The van der Waals surface area contributed by atoms with Crippen molar-refractivity contribution in [2.45, 2.75) is 75.9 Å². The van der Waals surface area contributed by atoms with E-state index in [0.29, 0.717) is 12.5 Å². The number of nitrogens with two attached hydrogens (primary N) is 1. The van der Waals surface area contributed by atoms with E-state index in [2.05, 4.69) is 11.0 Å². The van der Waals surface area contributed by atoms with Crippen LogP contribution in [-0.2, 0) is 17.9 Å². The van der Waals surface area contributed by atoms with E-state index in [1.165, 1.54) is 19.3 Å². The van der Waals surface area contributed by atoms with Crippen LogP contribution in [0.15, 0.2) is 16.9 Å². The zero-order valence-corrected chi connectivity index (χ0v) is 17.4. The lowest BCUT2D eigenvalue weighted by Crippen LogP contribution is -2.58. The zero-order valence-electron chi connectivity index (χ0n) is 17.4. The number of hydrogen-bond donors (Lipinski definition) is 1. The van der Waals surface area contributed by atoms with Gasteiger partial charge in [0.25, 0.3) is 5.56 Å². The lowest BCUT2D eigenvalue weighted by Gasteiger charge is -2.45. The molecule has 1 aliphatic carbocycles. The fourth-order valence-electron chi connectivity index (χ4n) is 6.17. The third kappa shape index (κ3) is 3.55. The molecular formula is C23H34N4O2. The first-order chi connectivity index (χ1) is 14.0. The van der Waals surface area contributed by atoms with Gasteiger partial charge in [-0.15, -0.1) is 0 Å². The first-order valence-electron chi connectivity index (χ1n) is 11.6. The van der Waals surface area contributed by atoms with Gasteiger partial charge in [-0.25, -0.2) is 0 Å². The van der Waals surface area contributed by atoms with Crippen molar-refractivity contribution in [3.8, 4) is 0 Å². The van der Waals surface area contributed by atoms with Crippen molar-refractivity contribution in [2.24, 2.45) is 11.7 Å². The molecule has 0 aromatic carbocycles. The van der Waals surface area contributed by atoms with E-state index in [0.717, 1.165) is 76.1 Å². The van der Waals surface area contributed by atoms with Gasteiger partial charge in [0, 0.05) is 43.4 Å². The van der Waals surface area contributed by atoms with Gasteiger partial charge >= 0.3 is 0 Å². The van der Waals surface area contributed by atoms with Gasteiger partial charge in [-0.1, -0.05) is 25.3 Å². The lowest BCUT2D eigenvalue weighted by molar-refractivity contribution is -0.139. The molecule has 2 saturated heterocycles. The second kappa shape index (κ2) is 7.55. The number of hydrogen-bond acceptors (Lipinski definition) is 4. The van der Waals surface area contributed by atoms with Crippen LogP contribution in [0.2, 0.25) is 0 Å². The molecule has 1 saturated carbocycles. The van der Waals surface area contributed by atoms with Crippen molar-refractivity contribution in [1.82, 2.24) is 14.4 Å². The van der Waals surface area contributed by atoms with Crippen molar-refractivity contribution >= 4 is 5.91 Å². The summed E-state index contributed by atoms with van der Waals surface area (Å²) in [5.74, 6) is 0.758. The van der Waals surface area contributed by atoms with E-state index in [1.807, 2.05) is 15.5 Å². The van der Waals surface area contributed by atoms with Gasteiger partial charge in [0.2, 0.25) is 5.91 Å². The summed E-state index contributed by atoms with van der Waals surface area (Å²) in [6.45, 7) is 5.17. The number of amides is 1. The van der Waals surface area contributed by atoms with Crippen molar-refractivity contribution < 1.29 is 4.79 Å². The van der Waals surface area contributed by atoms with Gasteiger partial charge in [-0.05, 0) is 57.2 Å². The van der Waals surface area contributed by atoms with Gasteiger partial charge in [-0.2, -0.15) is 0 Å². The molecule has 4 aliphatic rings. The molecule has 0 radical (unpaired) electrons. The molecule has 1 amide bonds. The van der Waals surface area contributed by atoms with Crippen molar-refractivity contribution in [1.29, 1.82) is 0 Å². The fourth-order valence-corrected chi connectivity index (χ4v) is 6.17. The number of carbonyl (C=O) groups is 1. The van der Waals surface area contributed by atoms with Gasteiger partial charge in [0.05, 0.1) is 5.54 Å². The maximum Gasteiger partial charge on any atom is 0.255 e. The molecule has 4 heterocycles. The van der Waals surface area contributed by atoms with Crippen LogP contribution in [0.3, 0.4) is 0 Å². The Hall–Kier alpha value is -1.66. The number of carbonyl (C=O) groups excluding carboxylic acids is 1. The minimum atomic E-state index is -0.649. The summed E-state index contributed by atoms with van der Waals surface area (Å²) in [5.41, 5.74) is 8.04. The number of likely N-dealkylation sites (tertiary alicyclic amines) is 2. The molecule has 2 N–H and O–H groups in total. The maximum absolute atomic E-state index is 13.2. The molecule has 3 aliphatic heterocycles. The Kier molecular flexibility index (Phi) is 5.03. The highest BCUT2D eigenvalue weighted by atomic mass is 16.2. The average Bonchev–Trinajstić information content (AvgIpc) is 3.18. The molecule has 158 valence electrons. The van der Waals surface area contributed by atoms with Crippen LogP contribution < -0.4 is 11.3 Å². The summed E-state index contributed by atoms with van der Waals surface area (Å²) in [4.78, 5) is 30.8. The summed E-state index contributed by atoms with van der Waals surface area (Å²) in [6, 6.07) is 4.20. The normalized spacial score (nSPS) is 28.9. The Morgan fingerprint density at radius 3 is 2.55 bits per heavy atom. The minimum absolute atomic E-state index is 0.141. The quantitative estimate of drug-likeness (QED) is 0.846. The topological polar surface area (TPSA) is 71.6 Å². The molecule has 5 rings (SSSR count). The molecule has 6 nitrogen and oxygen atoms in total. The van der Waals surface area contributed by atoms with Crippen LogP contribution in [-0.4, -0.2) is 52.0 Å². The first kappa shape index (κ1) is 19.3. The molecule has 1 aromatic rings. The van der Waals surface area contributed by atoms with Crippen molar-refractivity contribution in [2.75, 3.05) is 26.2 Å². The molecule has 0 spiro atoms. The number of rotatable bonds is 3. The Morgan fingerprint density at radius 2 is 1.79 bits per heavy atom. The maximum atomic E-state index is 13.2. The fraction of sp³-hybridized carbons (Fsp3) is 0.739. The Bertz CT molecular complexity index is 836. The highest BCUT2D eigenvalue weighted by Crippen LogP contribution is 2.37. The largest absolute Gasteiger partial charge is 0.340 e. The minimum Gasteiger partial charge on any atom is -0.340 e. The predicted molar refractivity (Wildman–Crippen MR) is 113 cm³/mol. The second-order valence-corrected chi connectivity index (χ2v) is 9.91. The van der Waals surface area contributed by atoms with Crippen molar-refractivity contribution in [3.63, 3.8) is 0 Å². The summed E-state index contributed by atoms with van der Waals surface area (Å²) in [5, 5.41) is 0. The predicted octanol–water partition coefficient (Wildman–Crippen LogP) is 2.05.